The summed E-state index contributed by atoms with van der Waals surface area (Å²) >= 11 is 6.06. The van der Waals surface area contributed by atoms with E-state index in [1.165, 1.54) is 15.3 Å². The van der Waals surface area contributed by atoms with Gasteiger partial charge in [0, 0.05) is 42.6 Å². The van der Waals surface area contributed by atoms with Crippen LogP contribution in [0.1, 0.15) is 17.3 Å². The average Bonchev–Trinajstić information content (AvgIpc) is 2.96. The smallest absolute Gasteiger partial charge is 0.330 e. The normalized spacial score (nSPS) is 16.3. The zero-order valence-corrected chi connectivity index (χ0v) is 22.7. The van der Waals surface area contributed by atoms with Gasteiger partial charge in [-0.25, -0.2) is 13.2 Å². The van der Waals surface area contributed by atoms with Crippen LogP contribution in [0.15, 0.2) is 90.1 Å². The van der Waals surface area contributed by atoms with Gasteiger partial charge in [-0.05, 0) is 71.3 Å². The van der Waals surface area contributed by atoms with Crippen LogP contribution in [0.3, 0.4) is 0 Å². The number of rotatable bonds is 6. The molecule has 1 aliphatic heterocycles. The molecule has 1 unspecified atom stereocenters. The van der Waals surface area contributed by atoms with Crippen LogP contribution >= 0.6 is 11.6 Å². The van der Waals surface area contributed by atoms with Crippen LogP contribution in [0.25, 0.3) is 21.9 Å². The van der Waals surface area contributed by atoms with Gasteiger partial charge in [-0.15, -0.1) is 0 Å². The van der Waals surface area contributed by atoms with E-state index in [2.05, 4.69) is 4.98 Å². The first-order valence-corrected chi connectivity index (χ1v) is 14.3. The number of piperazine rings is 1. The molecule has 0 saturated carbocycles. The minimum atomic E-state index is -3.95. The number of halogens is 1. The minimum absolute atomic E-state index is 0.0368. The van der Waals surface area contributed by atoms with E-state index in [4.69, 9.17) is 16.3 Å². The van der Waals surface area contributed by atoms with E-state index in [0.717, 1.165) is 21.9 Å². The highest BCUT2D eigenvalue weighted by Crippen LogP contribution is 2.27. The number of fused-ring (bicyclic) bond motifs is 1. The van der Waals surface area contributed by atoms with E-state index in [0.29, 0.717) is 10.6 Å². The molecule has 3 aromatic carbocycles. The van der Waals surface area contributed by atoms with Crippen LogP contribution in [0.5, 0.6) is 0 Å². The largest absolute Gasteiger partial charge is 0.464 e. The van der Waals surface area contributed by atoms with Crippen LogP contribution in [0, 0.1) is 0 Å². The molecule has 1 aliphatic rings. The van der Waals surface area contributed by atoms with Crippen molar-refractivity contribution in [2.24, 2.45) is 0 Å². The molecule has 8 nitrogen and oxygen atoms in total. The second-order valence-electron chi connectivity index (χ2n) is 9.10. The van der Waals surface area contributed by atoms with Crippen molar-refractivity contribution in [3.63, 3.8) is 0 Å². The number of carbonyl (C=O) groups is 2. The number of amides is 1. The van der Waals surface area contributed by atoms with Crippen LogP contribution in [-0.4, -0.2) is 66.8 Å². The van der Waals surface area contributed by atoms with Gasteiger partial charge in [0.25, 0.3) is 5.91 Å². The summed E-state index contributed by atoms with van der Waals surface area (Å²) in [6, 6.07) is 19.7. The van der Waals surface area contributed by atoms with E-state index >= 15 is 0 Å². The van der Waals surface area contributed by atoms with Gasteiger partial charge in [0.05, 0.1) is 11.5 Å². The lowest BCUT2D eigenvalue weighted by Gasteiger charge is -2.39. The summed E-state index contributed by atoms with van der Waals surface area (Å²) in [7, 11) is -3.95. The van der Waals surface area contributed by atoms with Crippen molar-refractivity contribution in [1.82, 2.24) is 14.2 Å². The molecule has 0 bridgehead atoms. The Morgan fingerprint density at radius 3 is 2.44 bits per heavy atom. The molecular formula is C29H26ClN3O5S. The van der Waals surface area contributed by atoms with E-state index in [-0.39, 0.29) is 37.0 Å². The summed E-state index contributed by atoms with van der Waals surface area (Å²) in [5, 5.41) is 2.10. The van der Waals surface area contributed by atoms with Crippen molar-refractivity contribution < 1.29 is 22.7 Å². The van der Waals surface area contributed by atoms with Gasteiger partial charge in [-0.1, -0.05) is 41.9 Å². The second-order valence-corrected chi connectivity index (χ2v) is 11.5. The molecule has 39 heavy (non-hydrogen) atoms. The standard InChI is InChI=1S/C29H26ClN3O5S/c1-2-38-29(35)27-19-32(39(36,37)26-12-10-22-16-25(30)11-9-23(22)17-26)14-15-33(27)28(34)21-7-5-20(6-8-21)24-4-3-13-31-18-24/h3-13,16-18,27H,2,14-15,19H2,1H3. The Kier molecular flexibility index (Phi) is 7.65. The Balaban J connectivity index is 1.39. The van der Waals surface area contributed by atoms with Gasteiger partial charge in [0.1, 0.15) is 6.04 Å². The minimum Gasteiger partial charge on any atom is -0.464 e. The van der Waals surface area contributed by atoms with Crippen molar-refractivity contribution >= 4 is 44.3 Å². The summed E-state index contributed by atoms with van der Waals surface area (Å²) in [5.41, 5.74) is 2.20. The molecule has 4 aromatic rings. The molecule has 1 fully saturated rings. The van der Waals surface area contributed by atoms with Crippen LogP contribution in [0.4, 0.5) is 0 Å². The maximum absolute atomic E-state index is 13.6. The Labute approximate surface area is 231 Å². The van der Waals surface area contributed by atoms with Gasteiger partial charge >= 0.3 is 5.97 Å². The van der Waals surface area contributed by atoms with Crippen molar-refractivity contribution in [1.29, 1.82) is 0 Å². The molecule has 0 aliphatic carbocycles. The molecule has 5 rings (SSSR count). The summed E-state index contributed by atoms with van der Waals surface area (Å²) < 4.78 is 33.6. The monoisotopic (exact) mass is 563 g/mol. The highest BCUT2D eigenvalue weighted by molar-refractivity contribution is 7.89. The van der Waals surface area contributed by atoms with Crippen molar-refractivity contribution in [2.75, 3.05) is 26.2 Å². The fourth-order valence-electron chi connectivity index (χ4n) is 4.67. The molecule has 1 aromatic heterocycles. The Morgan fingerprint density at radius 2 is 1.72 bits per heavy atom. The molecule has 2 heterocycles. The fraction of sp³-hybridized carbons (Fsp3) is 0.207. The number of nitrogens with zero attached hydrogens (tertiary/aromatic N) is 3. The number of sulfonamides is 1. The van der Waals surface area contributed by atoms with Crippen molar-refractivity contribution in [3.05, 3.63) is 95.8 Å². The highest BCUT2D eigenvalue weighted by atomic mass is 35.5. The van der Waals surface area contributed by atoms with E-state index < -0.39 is 22.0 Å². The topological polar surface area (TPSA) is 96.9 Å². The van der Waals surface area contributed by atoms with Crippen LogP contribution in [-0.2, 0) is 19.6 Å². The van der Waals surface area contributed by atoms with Gasteiger partial charge in [-0.3, -0.25) is 9.78 Å². The third kappa shape index (κ3) is 5.52. The van der Waals surface area contributed by atoms with E-state index in [1.807, 2.05) is 24.3 Å². The number of benzene rings is 3. The predicted molar refractivity (Wildman–Crippen MR) is 149 cm³/mol. The van der Waals surface area contributed by atoms with Gasteiger partial charge < -0.3 is 9.64 Å². The zero-order valence-electron chi connectivity index (χ0n) is 21.2. The SMILES string of the molecule is CCOC(=O)C1CN(S(=O)(=O)c2ccc3cc(Cl)ccc3c2)CCN1C(=O)c1ccc(-c2cccnc2)cc1. The molecule has 10 heteroatoms. The maximum Gasteiger partial charge on any atom is 0.330 e. The zero-order chi connectivity index (χ0) is 27.6. The lowest BCUT2D eigenvalue weighted by molar-refractivity contribution is -0.149. The molecule has 0 N–H and O–H groups in total. The lowest BCUT2D eigenvalue weighted by atomic mass is 10.0. The van der Waals surface area contributed by atoms with Gasteiger partial charge in [0.2, 0.25) is 10.0 Å². The quantitative estimate of drug-likeness (QED) is 0.317. The van der Waals surface area contributed by atoms with Crippen molar-refractivity contribution in [3.8, 4) is 11.1 Å². The average molecular weight is 564 g/mol. The van der Waals surface area contributed by atoms with Crippen molar-refractivity contribution in [2.45, 2.75) is 17.9 Å². The molecule has 200 valence electrons. The Bertz CT molecular complexity index is 1630. The number of ether oxygens (including phenoxy) is 1. The summed E-state index contributed by atoms with van der Waals surface area (Å²) in [4.78, 5) is 32.1. The number of carbonyl (C=O) groups excluding carboxylic acids is 2. The molecule has 1 atom stereocenters. The Hall–Kier alpha value is -3.79. The third-order valence-electron chi connectivity index (χ3n) is 6.70. The molecular weight excluding hydrogens is 538 g/mol. The predicted octanol–water partition coefficient (Wildman–Crippen LogP) is 4.63. The molecule has 0 radical (unpaired) electrons. The van der Waals surface area contributed by atoms with Crippen LogP contribution < -0.4 is 0 Å². The van der Waals surface area contributed by atoms with Crippen LogP contribution in [0.2, 0.25) is 5.02 Å². The maximum atomic E-state index is 13.6. The number of hydrogen-bond donors (Lipinski definition) is 0. The molecule has 0 spiro atoms. The second kappa shape index (κ2) is 11.1. The van der Waals surface area contributed by atoms with E-state index in [9.17, 15) is 18.0 Å². The van der Waals surface area contributed by atoms with Gasteiger partial charge in [-0.2, -0.15) is 4.31 Å². The summed E-state index contributed by atoms with van der Waals surface area (Å²) in [6.07, 6.45) is 3.42. The highest BCUT2D eigenvalue weighted by Gasteiger charge is 2.41. The molecule has 1 saturated heterocycles. The number of hydrogen-bond acceptors (Lipinski definition) is 6. The Morgan fingerprint density at radius 1 is 0.974 bits per heavy atom. The first-order valence-electron chi connectivity index (χ1n) is 12.5. The number of esters is 1. The summed E-state index contributed by atoms with van der Waals surface area (Å²) in [6.45, 7) is 1.64. The first-order chi connectivity index (χ1) is 18.8. The third-order valence-corrected chi connectivity index (χ3v) is 8.80. The molecule has 1 amide bonds. The number of pyridine rings is 1. The lowest BCUT2D eigenvalue weighted by Crippen LogP contribution is -2.59. The summed E-state index contributed by atoms with van der Waals surface area (Å²) in [5.74, 6) is -1.02. The van der Waals surface area contributed by atoms with E-state index in [1.54, 1.807) is 61.8 Å². The number of aromatic nitrogens is 1. The fourth-order valence-corrected chi connectivity index (χ4v) is 6.32. The first kappa shape index (κ1) is 26.8. The van der Waals surface area contributed by atoms with Gasteiger partial charge in [0.15, 0.2) is 0 Å².